The smallest absolute Gasteiger partial charge is 0.262 e. The summed E-state index contributed by atoms with van der Waals surface area (Å²) in [5.41, 5.74) is 2.81. The molecule has 0 saturated carbocycles. The summed E-state index contributed by atoms with van der Waals surface area (Å²) in [6.07, 6.45) is 2.26. The number of benzene rings is 2. The van der Waals surface area contributed by atoms with Gasteiger partial charge >= 0.3 is 0 Å². The van der Waals surface area contributed by atoms with Crippen LogP contribution in [0.15, 0.2) is 87.5 Å². The number of ether oxygens (including phenoxy) is 1. The van der Waals surface area contributed by atoms with Crippen molar-refractivity contribution in [2.45, 2.75) is 30.7 Å². The van der Waals surface area contributed by atoms with Crippen LogP contribution in [0.2, 0.25) is 0 Å². The minimum absolute atomic E-state index is 0.0532. The minimum Gasteiger partial charge on any atom is -0.497 e. The van der Waals surface area contributed by atoms with Crippen molar-refractivity contribution in [3.05, 3.63) is 89.9 Å². The largest absolute Gasteiger partial charge is 0.497 e. The number of aliphatic imine (C=N–C) groups is 1. The maximum absolute atomic E-state index is 12.7. The number of rotatable bonds is 7. The molecule has 0 unspecified atom stereocenters. The normalized spacial score (nSPS) is 19.5. The van der Waals surface area contributed by atoms with Crippen LogP contribution >= 0.6 is 11.8 Å². The van der Waals surface area contributed by atoms with Crippen molar-refractivity contribution >= 4 is 34.5 Å². The third-order valence-electron chi connectivity index (χ3n) is 5.83. The first kappa shape index (κ1) is 22.9. The number of hydrogen-bond donors (Lipinski definition) is 1. The average Bonchev–Trinajstić information content (AvgIpc) is 3.64. The van der Waals surface area contributed by atoms with Crippen LogP contribution in [0.1, 0.15) is 35.8 Å². The van der Waals surface area contributed by atoms with E-state index in [1.165, 1.54) is 11.8 Å². The van der Waals surface area contributed by atoms with Crippen LogP contribution in [-0.2, 0) is 16.1 Å². The molecule has 2 amide bonds. The molecule has 2 aliphatic rings. The Balaban J connectivity index is 1.29. The van der Waals surface area contributed by atoms with Gasteiger partial charge in [-0.15, -0.1) is 0 Å². The molecule has 178 valence electrons. The molecule has 0 radical (unpaired) electrons. The van der Waals surface area contributed by atoms with Gasteiger partial charge in [0.1, 0.15) is 22.8 Å². The highest BCUT2D eigenvalue weighted by atomic mass is 32.2. The summed E-state index contributed by atoms with van der Waals surface area (Å²) in [4.78, 5) is 29.4. The fourth-order valence-corrected chi connectivity index (χ4v) is 5.05. The van der Waals surface area contributed by atoms with E-state index < -0.39 is 5.25 Å². The SMILES string of the molecule is COc1ccc(C2=NN(C3=NC(=O)[C@H](CC(=O)NCc4ccccc4)S3)[C@H](c3ccco3)C2)cc1. The summed E-state index contributed by atoms with van der Waals surface area (Å²) >= 11 is 1.27. The predicted octanol–water partition coefficient (Wildman–Crippen LogP) is 4.14. The molecule has 1 aromatic heterocycles. The molecule has 3 heterocycles. The van der Waals surface area contributed by atoms with Crippen molar-refractivity contribution in [2.75, 3.05) is 7.11 Å². The van der Waals surface area contributed by atoms with Gasteiger partial charge in [-0.3, -0.25) is 9.59 Å². The molecule has 0 spiro atoms. The molecule has 3 aromatic rings. The lowest BCUT2D eigenvalue weighted by Gasteiger charge is -2.20. The number of nitrogens with one attached hydrogen (secondary N) is 1. The second kappa shape index (κ2) is 10.2. The van der Waals surface area contributed by atoms with Crippen LogP contribution in [-0.4, -0.2) is 40.1 Å². The predicted molar refractivity (Wildman–Crippen MR) is 134 cm³/mol. The molecule has 0 saturated heterocycles. The first-order valence-electron chi connectivity index (χ1n) is 11.2. The number of carbonyl (C=O) groups is 2. The van der Waals surface area contributed by atoms with Crippen LogP contribution in [0.3, 0.4) is 0 Å². The Morgan fingerprint density at radius 1 is 1.14 bits per heavy atom. The zero-order valence-electron chi connectivity index (χ0n) is 19.1. The average molecular weight is 489 g/mol. The minimum atomic E-state index is -0.585. The zero-order chi connectivity index (χ0) is 24.2. The van der Waals surface area contributed by atoms with Gasteiger partial charge in [-0.1, -0.05) is 42.1 Å². The lowest BCUT2D eigenvalue weighted by molar-refractivity contribution is -0.124. The third-order valence-corrected chi connectivity index (χ3v) is 6.98. The number of carbonyl (C=O) groups excluding carboxylic acids is 2. The second-order valence-electron chi connectivity index (χ2n) is 8.16. The van der Waals surface area contributed by atoms with Crippen molar-refractivity contribution in [3.8, 4) is 5.75 Å². The molecule has 35 heavy (non-hydrogen) atoms. The lowest BCUT2D eigenvalue weighted by atomic mass is 10.0. The summed E-state index contributed by atoms with van der Waals surface area (Å²) < 4.78 is 10.9. The fourth-order valence-electron chi connectivity index (χ4n) is 3.99. The van der Waals surface area contributed by atoms with Crippen LogP contribution in [0.4, 0.5) is 0 Å². The van der Waals surface area contributed by atoms with Gasteiger partial charge in [0.15, 0.2) is 5.17 Å². The Morgan fingerprint density at radius 2 is 1.94 bits per heavy atom. The number of thioether (sulfide) groups is 1. The molecular weight excluding hydrogens is 464 g/mol. The molecule has 8 nitrogen and oxygen atoms in total. The van der Waals surface area contributed by atoms with E-state index in [2.05, 4.69) is 10.3 Å². The lowest BCUT2D eigenvalue weighted by Crippen LogP contribution is -2.28. The molecule has 0 aliphatic carbocycles. The first-order chi connectivity index (χ1) is 17.1. The number of amidine groups is 1. The van der Waals surface area contributed by atoms with Gasteiger partial charge in [0.05, 0.1) is 19.1 Å². The Kier molecular flexibility index (Phi) is 6.67. The molecule has 2 aromatic carbocycles. The number of hydrazone groups is 1. The summed E-state index contributed by atoms with van der Waals surface area (Å²) in [7, 11) is 1.63. The zero-order valence-corrected chi connectivity index (χ0v) is 19.9. The summed E-state index contributed by atoms with van der Waals surface area (Å²) in [5, 5.41) is 9.31. The molecule has 2 atom stereocenters. The van der Waals surface area contributed by atoms with Crippen molar-refractivity contribution in [2.24, 2.45) is 10.1 Å². The number of nitrogens with zero attached hydrogens (tertiary/aromatic N) is 3. The van der Waals surface area contributed by atoms with Gasteiger partial charge in [0, 0.05) is 19.4 Å². The number of hydrogen-bond acceptors (Lipinski definition) is 7. The Bertz CT molecular complexity index is 1260. The number of methoxy groups -OCH3 is 1. The Morgan fingerprint density at radius 3 is 2.66 bits per heavy atom. The molecule has 0 bridgehead atoms. The first-order valence-corrected chi connectivity index (χ1v) is 12.1. The Hall–Kier alpha value is -3.85. The third kappa shape index (κ3) is 5.14. The van der Waals surface area contributed by atoms with Gasteiger partial charge in [0.25, 0.3) is 5.91 Å². The van der Waals surface area contributed by atoms with Gasteiger partial charge in [-0.25, -0.2) is 5.01 Å². The standard InChI is InChI=1S/C26H24N4O4S/c1-33-19-11-9-18(10-12-19)20-14-21(22-8-5-13-34-22)30(29-20)26-28-25(32)23(35-26)15-24(31)27-16-17-6-3-2-4-7-17/h2-13,21,23H,14-16H2,1H3,(H,27,31)/t21-,23-/m0/s1. The van der Waals surface area contributed by atoms with Gasteiger partial charge in [0.2, 0.25) is 5.91 Å². The maximum atomic E-state index is 12.7. The van der Waals surface area contributed by atoms with E-state index in [0.29, 0.717) is 18.1 Å². The summed E-state index contributed by atoms with van der Waals surface area (Å²) in [5.74, 6) is 0.979. The fraction of sp³-hybridized carbons (Fsp3) is 0.231. The number of furan rings is 1. The molecule has 1 N–H and O–H groups in total. The highest BCUT2D eigenvalue weighted by molar-refractivity contribution is 8.15. The van der Waals surface area contributed by atoms with Crippen molar-refractivity contribution in [1.29, 1.82) is 0 Å². The monoisotopic (exact) mass is 488 g/mol. The van der Waals surface area contributed by atoms with Gasteiger partial charge in [-0.05, 0) is 47.5 Å². The molecule has 5 rings (SSSR count). The maximum Gasteiger partial charge on any atom is 0.262 e. The van der Waals surface area contributed by atoms with Crippen molar-refractivity contribution in [1.82, 2.24) is 10.3 Å². The summed E-state index contributed by atoms with van der Waals surface area (Å²) in [6, 6.07) is 20.8. The van der Waals surface area contributed by atoms with Crippen LogP contribution in [0, 0.1) is 0 Å². The van der Waals surface area contributed by atoms with Crippen LogP contribution in [0.25, 0.3) is 0 Å². The van der Waals surface area contributed by atoms with E-state index >= 15 is 0 Å². The van der Waals surface area contributed by atoms with E-state index in [0.717, 1.165) is 28.3 Å². The van der Waals surface area contributed by atoms with Crippen molar-refractivity contribution < 1.29 is 18.7 Å². The Labute approximate surface area is 207 Å². The van der Waals surface area contributed by atoms with E-state index in [4.69, 9.17) is 14.3 Å². The molecule has 0 fully saturated rings. The highest BCUT2D eigenvalue weighted by Gasteiger charge is 2.40. The topological polar surface area (TPSA) is 96.5 Å². The quantitative estimate of drug-likeness (QED) is 0.537. The highest BCUT2D eigenvalue weighted by Crippen LogP contribution is 2.38. The van der Waals surface area contributed by atoms with Crippen LogP contribution < -0.4 is 10.1 Å². The number of amides is 2. The summed E-state index contributed by atoms with van der Waals surface area (Å²) in [6.45, 7) is 0.418. The molecule has 2 aliphatic heterocycles. The van der Waals surface area contributed by atoms with Gasteiger partial charge < -0.3 is 14.5 Å². The van der Waals surface area contributed by atoms with E-state index in [1.54, 1.807) is 18.4 Å². The van der Waals surface area contributed by atoms with Crippen LogP contribution in [0.5, 0.6) is 5.75 Å². The van der Waals surface area contributed by atoms with E-state index in [-0.39, 0.29) is 24.3 Å². The molecular formula is C26H24N4O4S. The van der Waals surface area contributed by atoms with E-state index in [1.807, 2.05) is 66.7 Å². The second-order valence-corrected chi connectivity index (χ2v) is 9.33. The molecule has 9 heteroatoms. The van der Waals surface area contributed by atoms with Gasteiger partial charge in [-0.2, -0.15) is 10.1 Å². The van der Waals surface area contributed by atoms with Crippen molar-refractivity contribution in [3.63, 3.8) is 0 Å². The van der Waals surface area contributed by atoms with E-state index in [9.17, 15) is 9.59 Å².